The molecule has 0 N–H and O–H groups in total. The van der Waals surface area contributed by atoms with Crippen molar-refractivity contribution in [2.75, 3.05) is 4.90 Å². The summed E-state index contributed by atoms with van der Waals surface area (Å²) in [6.07, 6.45) is 0. The van der Waals surface area contributed by atoms with Crippen LogP contribution in [0.5, 0.6) is 0 Å². The fraction of sp³-hybridized carbons (Fsp3) is 0.222. The molecule has 3 rings (SSSR count). The predicted molar refractivity (Wildman–Crippen MR) is 97.3 cm³/mol. The molecule has 1 aromatic heterocycles. The summed E-state index contributed by atoms with van der Waals surface area (Å²) in [5.41, 5.74) is 1.53. The molecule has 0 aliphatic rings. The molecule has 3 aromatic rings. The van der Waals surface area contributed by atoms with Crippen molar-refractivity contribution in [2.24, 2.45) is 0 Å². The van der Waals surface area contributed by atoms with Crippen molar-refractivity contribution in [1.29, 1.82) is 0 Å². The number of hydrogen-bond acceptors (Lipinski definition) is 4. The van der Waals surface area contributed by atoms with Gasteiger partial charge in [0.15, 0.2) is 0 Å². The lowest BCUT2D eigenvalue weighted by Crippen LogP contribution is -2.39. The molecule has 1 amide bonds. The Hall–Kier alpha value is -2.73. The van der Waals surface area contributed by atoms with Crippen LogP contribution in [0.25, 0.3) is 11.4 Å². The molecule has 7 heteroatoms. The maximum absolute atomic E-state index is 12.7. The Morgan fingerprint density at radius 1 is 1.12 bits per heavy atom. The second kappa shape index (κ2) is 7.44. The van der Waals surface area contributed by atoms with E-state index >= 15 is 0 Å². The van der Waals surface area contributed by atoms with Gasteiger partial charge >= 0.3 is 0 Å². The molecule has 128 valence electrons. The van der Waals surface area contributed by atoms with Crippen molar-refractivity contribution in [3.05, 3.63) is 59.6 Å². The van der Waals surface area contributed by atoms with Gasteiger partial charge in [0, 0.05) is 17.3 Å². The molecule has 0 spiro atoms. The molecule has 0 unspecified atom stereocenters. The van der Waals surface area contributed by atoms with Crippen LogP contribution in [0.1, 0.15) is 13.8 Å². The number of benzene rings is 2. The molecule has 1 heterocycles. The number of hydrogen-bond donors (Lipinski definition) is 0. The first-order valence-electron chi connectivity index (χ1n) is 7.96. The zero-order valence-corrected chi connectivity index (χ0v) is 14.8. The molecule has 0 atom stereocenters. The average molecular weight is 356 g/mol. The highest BCUT2D eigenvalue weighted by atomic mass is 35.5. The number of halogens is 1. The lowest BCUT2D eigenvalue weighted by atomic mass is 10.2. The van der Waals surface area contributed by atoms with E-state index in [1.54, 1.807) is 11.0 Å². The van der Waals surface area contributed by atoms with E-state index in [1.165, 1.54) is 4.80 Å². The first-order valence-corrected chi connectivity index (χ1v) is 8.34. The molecule has 0 saturated heterocycles. The van der Waals surface area contributed by atoms with Crippen molar-refractivity contribution in [1.82, 2.24) is 20.2 Å². The van der Waals surface area contributed by atoms with Gasteiger partial charge in [-0.05, 0) is 43.3 Å². The molecule has 25 heavy (non-hydrogen) atoms. The van der Waals surface area contributed by atoms with Crippen molar-refractivity contribution >= 4 is 23.2 Å². The summed E-state index contributed by atoms with van der Waals surface area (Å²) in [4.78, 5) is 15.8. The van der Waals surface area contributed by atoms with E-state index in [4.69, 9.17) is 11.6 Å². The Morgan fingerprint density at radius 2 is 1.80 bits per heavy atom. The van der Waals surface area contributed by atoms with Gasteiger partial charge in [0.2, 0.25) is 5.82 Å². The van der Waals surface area contributed by atoms with Crippen LogP contribution in [0, 0.1) is 0 Å². The summed E-state index contributed by atoms with van der Waals surface area (Å²) in [6.45, 7) is 3.94. The molecule has 2 aromatic carbocycles. The number of amides is 1. The predicted octanol–water partition coefficient (Wildman–Crippen LogP) is 3.44. The Morgan fingerprint density at radius 3 is 2.48 bits per heavy atom. The van der Waals surface area contributed by atoms with E-state index in [-0.39, 0.29) is 18.5 Å². The first kappa shape index (κ1) is 17.1. The third-order valence-corrected chi connectivity index (χ3v) is 3.99. The van der Waals surface area contributed by atoms with Crippen molar-refractivity contribution in [3.8, 4) is 11.4 Å². The maximum Gasteiger partial charge on any atom is 0.250 e. The molecule has 0 aliphatic heterocycles. The Kier molecular flexibility index (Phi) is 5.09. The fourth-order valence-corrected chi connectivity index (χ4v) is 2.80. The fourth-order valence-electron chi connectivity index (χ4n) is 2.58. The Bertz CT molecular complexity index is 863. The summed E-state index contributed by atoms with van der Waals surface area (Å²) >= 11 is 6.15. The quantitative estimate of drug-likeness (QED) is 0.703. The summed E-state index contributed by atoms with van der Waals surface area (Å²) in [6, 6.07) is 16.8. The molecule has 6 nitrogen and oxygen atoms in total. The normalized spacial score (nSPS) is 10.9. The van der Waals surface area contributed by atoms with Crippen LogP contribution in [0.2, 0.25) is 5.02 Å². The summed E-state index contributed by atoms with van der Waals surface area (Å²) in [5.74, 6) is 0.290. The molecule has 0 radical (unpaired) electrons. The number of anilines is 1. The van der Waals surface area contributed by atoms with E-state index in [0.29, 0.717) is 16.4 Å². The zero-order chi connectivity index (χ0) is 17.8. The Balaban J connectivity index is 1.80. The van der Waals surface area contributed by atoms with Gasteiger partial charge in [-0.2, -0.15) is 4.80 Å². The van der Waals surface area contributed by atoms with E-state index < -0.39 is 0 Å². The topological polar surface area (TPSA) is 63.9 Å². The van der Waals surface area contributed by atoms with Crippen molar-refractivity contribution < 1.29 is 4.79 Å². The second-order valence-electron chi connectivity index (χ2n) is 5.82. The van der Waals surface area contributed by atoms with Gasteiger partial charge in [0.05, 0.1) is 5.02 Å². The third kappa shape index (κ3) is 3.85. The monoisotopic (exact) mass is 355 g/mol. The van der Waals surface area contributed by atoms with Crippen LogP contribution in [0.3, 0.4) is 0 Å². The molecule has 0 saturated carbocycles. The van der Waals surface area contributed by atoms with Crippen LogP contribution < -0.4 is 4.90 Å². The van der Waals surface area contributed by atoms with Gasteiger partial charge in [-0.25, -0.2) is 0 Å². The number of carbonyl (C=O) groups is 1. The number of nitrogens with zero attached hydrogens (tertiary/aromatic N) is 5. The second-order valence-corrected chi connectivity index (χ2v) is 6.22. The minimum atomic E-state index is -0.107. The highest BCUT2D eigenvalue weighted by Crippen LogP contribution is 2.23. The Labute approximate surface area is 151 Å². The number of tetrazole rings is 1. The number of rotatable bonds is 5. The number of carbonyl (C=O) groups excluding carboxylic acids is 1. The average Bonchev–Trinajstić information content (AvgIpc) is 3.04. The van der Waals surface area contributed by atoms with Gasteiger partial charge in [0.25, 0.3) is 5.91 Å². The lowest BCUT2D eigenvalue weighted by Gasteiger charge is -2.26. The smallest absolute Gasteiger partial charge is 0.250 e. The number of para-hydroxylation sites is 1. The van der Waals surface area contributed by atoms with E-state index in [9.17, 15) is 4.79 Å². The highest BCUT2D eigenvalue weighted by Gasteiger charge is 2.20. The minimum Gasteiger partial charge on any atom is -0.308 e. The van der Waals surface area contributed by atoms with E-state index in [0.717, 1.165) is 5.69 Å². The third-order valence-electron chi connectivity index (χ3n) is 3.66. The van der Waals surface area contributed by atoms with Crippen molar-refractivity contribution in [3.63, 3.8) is 0 Å². The summed E-state index contributed by atoms with van der Waals surface area (Å²) < 4.78 is 0. The van der Waals surface area contributed by atoms with Crippen LogP contribution in [-0.2, 0) is 11.3 Å². The molecule has 0 bridgehead atoms. The molecular weight excluding hydrogens is 338 g/mol. The van der Waals surface area contributed by atoms with Gasteiger partial charge in [-0.15, -0.1) is 10.2 Å². The largest absolute Gasteiger partial charge is 0.308 e. The summed E-state index contributed by atoms with van der Waals surface area (Å²) in [7, 11) is 0. The first-order chi connectivity index (χ1) is 12.1. The molecular formula is C18H18ClN5O. The van der Waals surface area contributed by atoms with Crippen LogP contribution in [0.15, 0.2) is 54.6 Å². The number of aromatic nitrogens is 4. The summed E-state index contributed by atoms with van der Waals surface area (Å²) in [5, 5.41) is 12.8. The van der Waals surface area contributed by atoms with Gasteiger partial charge in [0.1, 0.15) is 6.54 Å². The maximum atomic E-state index is 12.7. The standard InChI is InChI=1S/C18H18ClN5O/c1-13(2)24(14-8-4-3-5-9-14)17(25)12-23-21-18(20-22-23)15-10-6-7-11-16(15)19/h3-11,13H,12H2,1-2H3. The van der Waals surface area contributed by atoms with Crippen LogP contribution in [0.4, 0.5) is 5.69 Å². The highest BCUT2D eigenvalue weighted by molar-refractivity contribution is 6.33. The minimum absolute atomic E-state index is 0.00449. The van der Waals surface area contributed by atoms with Gasteiger partial charge < -0.3 is 4.90 Å². The SMILES string of the molecule is CC(C)N(C(=O)Cn1nnc(-c2ccccc2Cl)n1)c1ccccc1. The zero-order valence-electron chi connectivity index (χ0n) is 14.0. The van der Waals surface area contributed by atoms with Crippen molar-refractivity contribution in [2.45, 2.75) is 26.4 Å². The van der Waals surface area contributed by atoms with E-state index in [1.807, 2.05) is 62.4 Å². The van der Waals surface area contributed by atoms with Gasteiger partial charge in [-0.1, -0.05) is 41.9 Å². The molecule has 0 fully saturated rings. The van der Waals surface area contributed by atoms with E-state index in [2.05, 4.69) is 15.4 Å². The van der Waals surface area contributed by atoms with Crippen LogP contribution >= 0.6 is 11.6 Å². The van der Waals surface area contributed by atoms with Gasteiger partial charge in [-0.3, -0.25) is 4.79 Å². The lowest BCUT2D eigenvalue weighted by molar-refractivity contribution is -0.119. The molecule has 0 aliphatic carbocycles. The van der Waals surface area contributed by atoms with Crippen LogP contribution in [-0.4, -0.2) is 32.2 Å².